The Morgan fingerprint density at radius 1 is 1.38 bits per heavy atom. The summed E-state index contributed by atoms with van der Waals surface area (Å²) in [6.07, 6.45) is -0.177. The largest absolute Gasteiger partial charge is 0.474 e. The van der Waals surface area contributed by atoms with Gasteiger partial charge in [-0.05, 0) is 26.0 Å². The number of nitrogens with zero attached hydrogens (tertiary/aromatic N) is 4. The van der Waals surface area contributed by atoms with Gasteiger partial charge in [-0.15, -0.1) is 0 Å². The Labute approximate surface area is 122 Å². The molecular weight excluding hydrogens is 272 g/mol. The second kappa shape index (κ2) is 5.69. The van der Waals surface area contributed by atoms with Gasteiger partial charge >= 0.3 is 0 Å². The molecule has 0 aromatic carbocycles. The van der Waals surface area contributed by atoms with Crippen LogP contribution < -0.4 is 9.64 Å². The van der Waals surface area contributed by atoms with Gasteiger partial charge in [-0.3, -0.25) is 0 Å². The molecule has 1 unspecified atom stereocenters. The van der Waals surface area contributed by atoms with Crippen LogP contribution in [0.15, 0.2) is 16.7 Å². The van der Waals surface area contributed by atoms with E-state index in [2.05, 4.69) is 20.0 Å². The lowest BCUT2D eigenvalue weighted by Gasteiger charge is -2.29. The molecule has 0 fully saturated rings. The minimum atomic E-state index is -0.177. The maximum absolute atomic E-state index is 5.59. The second-order valence-corrected chi connectivity index (χ2v) is 4.97. The second-order valence-electron chi connectivity index (χ2n) is 4.97. The van der Waals surface area contributed by atoms with E-state index in [1.54, 1.807) is 7.11 Å². The van der Waals surface area contributed by atoms with Crippen LogP contribution >= 0.6 is 0 Å². The zero-order chi connectivity index (χ0) is 14.8. The number of methoxy groups -OCH3 is 1. The molecule has 0 N–H and O–H groups in total. The number of rotatable bonds is 4. The van der Waals surface area contributed by atoms with Crippen molar-refractivity contribution in [2.75, 3.05) is 25.2 Å². The van der Waals surface area contributed by atoms with Crippen LogP contribution in [0.1, 0.15) is 30.4 Å². The topological polar surface area (TPSA) is 73.5 Å². The van der Waals surface area contributed by atoms with Crippen molar-refractivity contribution in [2.24, 2.45) is 0 Å². The third-order valence-corrected chi connectivity index (χ3v) is 3.45. The molecule has 3 heterocycles. The molecule has 0 spiro atoms. The van der Waals surface area contributed by atoms with Gasteiger partial charge in [0.2, 0.25) is 11.8 Å². The molecule has 7 heteroatoms. The summed E-state index contributed by atoms with van der Waals surface area (Å²) in [6.45, 7) is 5.71. The molecule has 3 rings (SSSR count). The van der Waals surface area contributed by atoms with E-state index in [1.165, 1.54) is 0 Å². The lowest BCUT2D eigenvalue weighted by molar-refractivity contribution is 0.109. The molecule has 1 atom stereocenters. The van der Waals surface area contributed by atoms with E-state index in [4.69, 9.17) is 14.0 Å². The van der Waals surface area contributed by atoms with Gasteiger partial charge in [-0.25, -0.2) is 4.98 Å². The number of pyridine rings is 1. The molecule has 0 saturated carbocycles. The predicted octanol–water partition coefficient (Wildman–Crippen LogP) is 1.88. The summed E-state index contributed by atoms with van der Waals surface area (Å²) in [5, 5.41) is 3.94. The third-order valence-electron chi connectivity index (χ3n) is 3.45. The van der Waals surface area contributed by atoms with Crippen LogP contribution in [0.4, 0.5) is 5.69 Å². The van der Waals surface area contributed by atoms with Gasteiger partial charge in [-0.1, -0.05) is 5.16 Å². The first-order valence-electron chi connectivity index (χ1n) is 6.88. The molecule has 0 aliphatic carbocycles. The zero-order valence-corrected chi connectivity index (χ0v) is 12.4. The van der Waals surface area contributed by atoms with E-state index in [9.17, 15) is 0 Å². The Balaban J connectivity index is 1.79. The Morgan fingerprint density at radius 2 is 2.24 bits per heavy atom. The quantitative estimate of drug-likeness (QED) is 0.851. The molecule has 1 aliphatic heterocycles. The lowest BCUT2D eigenvalue weighted by atomic mass is 10.2. The van der Waals surface area contributed by atoms with Gasteiger partial charge in [0.15, 0.2) is 5.82 Å². The van der Waals surface area contributed by atoms with Crippen LogP contribution in [0.25, 0.3) is 0 Å². The van der Waals surface area contributed by atoms with Gasteiger partial charge in [0, 0.05) is 12.8 Å². The average molecular weight is 290 g/mol. The number of fused-ring (bicyclic) bond motifs is 1. The molecule has 1 aliphatic rings. The van der Waals surface area contributed by atoms with Crippen LogP contribution in [-0.2, 0) is 11.3 Å². The molecule has 112 valence electrons. The van der Waals surface area contributed by atoms with Gasteiger partial charge in [0.05, 0.1) is 13.1 Å². The fraction of sp³-hybridized carbons (Fsp3) is 0.500. The first-order chi connectivity index (χ1) is 10.2. The van der Waals surface area contributed by atoms with E-state index in [-0.39, 0.29) is 6.10 Å². The summed E-state index contributed by atoms with van der Waals surface area (Å²) in [5.41, 5.74) is 1.89. The maximum Gasteiger partial charge on any atom is 0.246 e. The number of ether oxygens (including phenoxy) is 2. The molecule has 7 nitrogen and oxygen atoms in total. The Hall–Kier alpha value is -2.15. The van der Waals surface area contributed by atoms with Crippen LogP contribution in [0.5, 0.6) is 5.88 Å². The fourth-order valence-corrected chi connectivity index (χ4v) is 2.18. The standard InChI is InChI=1S/C14H18N4O3/c1-9-4-5-11-14(15-9)20-7-6-18(11)8-12-16-13(17-21-12)10(2)19-3/h4-5,10H,6-8H2,1-3H3. The molecule has 0 amide bonds. The first kappa shape index (κ1) is 13.8. The van der Waals surface area contributed by atoms with E-state index >= 15 is 0 Å². The smallest absolute Gasteiger partial charge is 0.246 e. The summed E-state index contributed by atoms with van der Waals surface area (Å²) in [7, 11) is 1.62. The van der Waals surface area contributed by atoms with Gasteiger partial charge in [-0.2, -0.15) is 4.98 Å². The predicted molar refractivity (Wildman–Crippen MR) is 75.2 cm³/mol. The van der Waals surface area contributed by atoms with Crippen molar-refractivity contribution < 1.29 is 14.0 Å². The summed E-state index contributed by atoms with van der Waals surface area (Å²) in [4.78, 5) is 10.9. The molecule has 0 radical (unpaired) electrons. The average Bonchev–Trinajstić information content (AvgIpc) is 2.95. The molecule has 2 aromatic heterocycles. The monoisotopic (exact) mass is 290 g/mol. The Kier molecular flexibility index (Phi) is 3.74. The Morgan fingerprint density at radius 3 is 3.05 bits per heavy atom. The van der Waals surface area contributed by atoms with E-state index in [0.29, 0.717) is 30.7 Å². The van der Waals surface area contributed by atoms with Crippen molar-refractivity contribution in [2.45, 2.75) is 26.5 Å². The third kappa shape index (κ3) is 2.82. The normalized spacial score (nSPS) is 15.5. The van der Waals surface area contributed by atoms with Gasteiger partial charge in [0.1, 0.15) is 18.4 Å². The highest BCUT2D eigenvalue weighted by Gasteiger charge is 2.22. The summed E-state index contributed by atoms with van der Waals surface area (Å²) in [5.74, 6) is 1.77. The van der Waals surface area contributed by atoms with E-state index in [0.717, 1.165) is 17.9 Å². The highest BCUT2D eigenvalue weighted by molar-refractivity contribution is 5.56. The van der Waals surface area contributed by atoms with Crippen molar-refractivity contribution in [1.82, 2.24) is 15.1 Å². The number of anilines is 1. The lowest BCUT2D eigenvalue weighted by Crippen LogP contribution is -2.32. The minimum absolute atomic E-state index is 0.177. The zero-order valence-electron chi connectivity index (χ0n) is 12.4. The van der Waals surface area contributed by atoms with Crippen molar-refractivity contribution >= 4 is 5.69 Å². The molecule has 21 heavy (non-hydrogen) atoms. The minimum Gasteiger partial charge on any atom is -0.474 e. The van der Waals surface area contributed by atoms with Crippen LogP contribution in [0.2, 0.25) is 0 Å². The van der Waals surface area contributed by atoms with Crippen molar-refractivity contribution in [3.63, 3.8) is 0 Å². The van der Waals surface area contributed by atoms with Crippen LogP contribution in [-0.4, -0.2) is 35.4 Å². The van der Waals surface area contributed by atoms with Gasteiger partial charge in [0.25, 0.3) is 0 Å². The summed E-state index contributed by atoms with van der Waals surface area (Å²) >= 11 is 0. The van der Waals surface area contributed by atoms with Crippen LogP contribution in [0.3, 0.4) is 0 Å². The summed E-state index contributed by atoms with van der Waals surface area (Å²) in [6, 6.07) is 3.97. The van der Waals surface area contributed by atoms with E-state index in [1.807, 2.05) is 26.0 Å². The van der Waals surface area contributed by atoms with E-state index < -0.39 is 0 Å². The molecular formula is C14H18N4O3. The Bertz CT molecular complexity index is 628. The summed E-state index contributed by atoms with van der Waals surface area (Å²) < 4.78 is 16.1. The van der Waals surface area contributed by atoms with Crippen molar-refractivity contribution in [1.29, 1.82) is 0 Å². The SMILES string of the molecule is COC(C)c1noc(CN2CCOc3nc(C)ccc32)n1. The highest BCUT2D eigenvalue weighted by Crippen LogP contribution is 2.30. The fourth-order valence-electron chi connectivity index (χ4n) is 2.18. The number of aryl methyl sites for hydroxylation is 1. The molecule has 0 bridgehead atoms. The van der Waals surface area contributed by atoms with Crippen molar-refractivity contribution in [3.05, 3.63) is 29.5 Å². The molecule has 2 aromatic rings. The number of hydrogen-bond acceptors (Lipinski definition) is 7. The van der Waals surface area contributed by atoms with Crippen molar-refractivity contribution in [3.8, 4) is 5.88 Å². The maximum atomic E-state index is 5.59. The van der Waals surface area contributed by atoms with Crippen LogP contribution in [0, 0.1) is 6.92 Å². The van der Waals surface area contributed by atoms with Gasteiger partial charge < -0.3 is 18.9 Å². The number of aromatic nitrogens is 3. The molecule has 0 saturated heterocycles. The first-order valence-corrected chi connectivity index (χ1v) is 6.88. The highest BCUT2D eigenvalue weighted by atomic mass is 16.5. The number of hydrogen-bond donors (Lipinski definition) is 0.